The summed E-state index contributed by atoms with van der Waals surface area (Å²) in [6, 6.07) is 3.58. The Bertz CT molecular complexity index is 845. The molecule has 4 atom stereocenters. The second-order valence-corrected chi connectivity index (χ2v) is 7.93. The molecule has 2 heterocycles. The highest BCUT2D eigenvalue weighted by Crippen LogP contribution is 2.29. The summed E-state index contributed by atoms with van der Waals surface area (Å²) >= 11 is 0. The molecule has 2 aliphatic rings. The van der Waals surface area contributed by atoms with Gasteiger partial charge in [-0.25, -0.2) is 0 Å². The minimum Gasteiger partial charge on any atom is -0.395 e. The van der Waals surface area contributed by atoms with Gasteiger partial charge in [-0.1, -0.05) is 11.2 Å². The van der Waals surface area contributed by atoms with Crippen molar-refractivity contribution in [2.75, 3.05) is 58.0 Å². The predicted molar refractivity (Wildman–Crippen MR) is 114 cm³/mol. The lowest BCUT2D eigenvalue weighted by Gasteiger charge is -2.46. The van der Waals surface area contributed by atoms with Crippen molar-refractivity contribution < 1.29 is 25.3 Å². The first-order valence-electron chi connectivity index (χ1n) is 10.2. The van der Waals surface area contributed by atoms with Gasteiger partial charge in [-0.3, -0.25) is 24.8 Å². The molecule has 2 aliphatic heterocycles. The molecule has 14 nitrogen and oxygen atoms in total. The van der Waals surface area contributed by atoms with Gasteiger partial charge in [0, 0.05) is 49.4 Å². The number of rotatable bonds is 8. The van der Waals surface area contributed by atoms with Crippen molar-refractivity contribution in [3.63, 3.8) is 0 Å². The fraction of sp³-hybridized carbons (Fsp3) is 0.667. The Balaban J connectivity index is 1.51. The summed E-state index contributed by atoms with van der Waals surface area (Å²) in [5, 5.41) is 57.3. The minimum atomic E-state index is -1.28. The lowest BCUT2D eigenvalue weighted by molar-refractivity contribution is -0.383. The number of piperazine rings is 1. The van der Waals surface area contributed by atoms with Gasteiger partial charge < -0.3 is 25.7 Å². The Hall–Kier alpha value is -2.55. The van der Waals surface area contributed by atoms with Crippen molar-refractivity contribution in [1.82, 2.24) is 14.7 Å². The standard InChI is InChI=1S/C18H28N8O6/c19-22-21-12-1-2-13(14(7-12)26(31)32)20-10-23-3-5-24(6-4-23)11-25-8-16(28)18(30)17(29)15(25)9-27/h1-2,7,15-18,20,27-30H,3-6,8-11H2/t15-,16+,17-,18-/m1/s1. The summed E-state index contributed by atoms with van der Waals surface area (Å²) in [5.74, 6) is 0. The van der Waals surface area contributed by atoms with Gasteiger partial charge in [-0.05, 0) is 11.6 Å². The van der Waals surface area contributed by atoms with Crippen molar-refractivity contribution in [2.24, 2.45) is 5.11 Å². The predicted octanol–water partition coefficient (Wildman–Crippen LogP) is -0.760. The molecule has 14 heteroatoms. The monoisotopic (exact) mass is 452 g/mol. The van der Waals surface area contributed by atoms with Gasteiger partial charge in [0.25, 0.3) is 5.69 Å². The number of likely N-dealkylation sites (tertiary alicyclic amines) is 1. The maximum Gasteiger partial charge on any atom is 0.292 e. The Kier molecular flexibility index (Phi) is 8.17. The number of nitrogens with one attached hydrogen (secondary N) is 1. The van der Waals surface area contributed by atoms with E-state index in [9.17, 15) is 30.5 Å². The first-order valence-corrected chi connectivity index (χ1v) is 10.2. The lowest BCUT2D eigenvalue weighted by atomic mass is 9.94. The van der Waals surface area contributed by atoms with Gasteiger partial charge in [0.15, 0.2) is 0 Å². The average molecular weight is 452 g/mol. The van der Waals surface area contributed by atoms with E-state index in [1.807, 2.05) is 0 Å². The molecule has 1 aromatic rings. The zero-order valence-electron chi connectivity index (χ0n) is 17.4. The van der Waals surface area contributed by atoms with Crippen LogP contribution in [-0.2, 0) is 0 Å². The second kappa shape index (κ2) is 10.8. The molecule has 3 rings (SSSR count). The second-order valence-electron chi connectivity index (χ2n) is 7.93. The number of piperidine rings is 1. The first-order chi connectivity index (χ1) is 15.3. The number of hydrogen-bond donors (Lipinski definition) is 5. The van der Waals surface area contributed by atoms with Crippen molar-refractivity contribution >= 4 is 17.1 Å². The molecule has 0 radical (unpaired) electrons. The fourth-order valence-electron chi connectivity index (χ4n) is 4.02. The number of nitro groups is 1. The molecule has 0 amide bonds. The number of benzene rings is 1. The van der Waals surface area contributed by atoms with Crippen LogP contribution in [0.25, 0.3) is 10.4 Å². The van der Waals surface area contributed by atoms with Gasteiger partial charge >= 0.3 is 0 Å². The van der Waals surface area contributed by atoms with Crippen molar-refractivity contribution in [3.05, 3.63) is 38.8 Å². The van der Waals surface area contributed by atoms with Crippen LogP contribution in [0.15, 0.2) is 23.3 Å². The van der Waals surface area contributed by atoms with Crippen molar-refractivity contribution in [1.29, 1.82) is 0 Å². The Morgan fingerprint density at radius 3 is 2.50 bits per heavy atom. The minimum absolute atomic E-state index is 0.154. The van der Waals surface area contributed by atoms with E-state index in [1.165, 1.54) is 18.2 Å². The van der Waals surface area contributed by atoms with Crippen molar-refractivity contribution in [3.8, 4) is 0 Å². The summed E-state index contributed by atoms with van der Waals surface area (Å²) in [4.78, 5) is 19.4. The maximum absolute atomic E-state index is 11.3. The summed E-state index contributed by atoms with van der Waals surface area (Å²) in [6.07, 6.45) is -3.59. The molecule has 0 bridgehead atoms. The molecule has 5 N–H and O–H groups in total. The molecule has 0 saturated carbocycles. The van der Waals surface area contributed by atoms with Gasteiger partial charge in [-0.2, -0.15) is 0 Å². The zero-order valence-corrected chi connectivity index (χ0v) is 17.4. The number of aliphatic hydroxyl groups excluding tert-OH is 4. The van der Waals surface area contributed by atoms with Crippen LogP contribution in [0.5, 0.6) is 0 Å². The smallest absolute Gasteiger partial charge is 0.292 e. The summed E-state index contributed by atoms with van der Waals surface area (Å²) < 4.78 is 0. The zero-order chi connectivity index (χ0) is 23.3. The van der Waals surface area contributed by atoms with Gasteiger partial charge in [0.1, 0.15) is 17.9 Å². The van der Waals surface area contributed by atoms with E-state index in [1.54, 1.807) is 4.90 Å². The van der Waals surface area contributed by atoms with E-state index < -0.39 is 29.3 Å². The number of azide groups is 1. The molecule has 176 valence electrons. The number of β-amino-alcohol motifs (C(OH)–C–C–N with tert-alkyl or cyclic N) is 1. The van der Waals surface area contributed by atoms with E-state index in [2.05, 4.69) is 25.1 Å². The molecule has 2 saturated heterocycles. The van der Waals surface area contributed by atoms with Crippen LogP contribution in [-0.4, -0.2) is 117 Å². The quantitative estimate of drug-likeness (QED) is 0.110. The Labute approximate surface area is 184 Å². The molecule has 32 heavy (non-hydrogen) atoms. The van der Waals surface area contributed by atoms with Crippen molar-refractivity contribution in [2.45, 2.75) is 24.4 Å². The topological polar surface area (TPSA) is 195 Å². The van der Waals surface area contributed by atoms with Crippen LogP contribution in [0.4, 0.5) is 17.1 Å². The van der Waals surface area contributed by atoms with E-state index in [4.69, 9.17) is 5.53 Å². The summed E-state index contributed by atoms with van der Waals surface area (Å²) in [7, 11) is 0. The highest BCUT2D eigenvalue weighted by atomic mass is 16.6. The number of hydrogen-bond acceptors (Lipinski definition) is 11. The third-order valence-electron chi connectivity index (χ3n) is 5.89. The van der Waals surface area contributed by atoms with E-state index >= 15 is 0 Å². The van der Waals surface area contributed by atoms with Crippen LogP contribution < -0.4 is 5.32 Å². The van der Waals surface area contributed by atoms with Gasteiger partial charge in [-0.15, -0.1) is 0 Å². The van der Waals surface area contributed by atoms with Gasteiger partial charge in [0.05, 0.1) is 37.0 Å². The van der Waals surface area contributed by atoms with Crippen LogP contribution in [0.1, 0.15) is 0 Å². The van der Waals surface area contributed by atoms with Crippen LogP contribution in [0.2, 0.25) is 0 Å². The van der Waals surface area contributed by atoms with E-state index in [0.29, 0.717) is 45.2 Å². The SMILES string of the molecule is [N-]=[N+]=Nc1ccc(NCN2CCN(CN3C[C@H](O)[C@@H](O)[C@H](O)[C@H]3CO)CC2)c([N+](=O)[O-])c1. The Morgan fingerprint density at radius 2 is 1.88 bits per heavy atom. The molecule has 2 fully saturated rings. The number of nitro benzene ring substituents is 1. The van der Waals surface area contributed by atoms with Crippen LogP contribution in [0.3, 0.4) is 0 Å². The molecular formula is C18H28N8O6. The van der Waals surface area contributed by atoms with Gasteiger partial charge in [0.2, 0.25) is 0 Å². The highest BCUT2D eigenvalue weighted by Gasteiger charge is 2.41. The molecule has 0 unspecified atom stereocenters. The Morgan fingerprint density at radius 1 is 1.19 bits per heavy atom. The number of anilines is 1. The van der Waals surface area contributed by atoms with E-state index in [-0.39, 0.29) is 24.5 Å². The lowest BCUT2D eigenvalue weighted by Crippen LogP contribution is -2.65. The highest BCUT2D eigenvalue weighted by molar-refractivity contribution is 5.66. The third kappa shape index (κ3) is 5.62. The first kappa shape index (κ1) is 24.1. The molecule has 1 aromatic carbocycles. The van der Waals surface area contributed by atoms with Crippen LogP contribution in [0, 0.1) is 10.1 Å². The third-order valence-corrected chi connectivity index (χ3v) is 5.89. The molecule has 0 aliphatic carbocycles. The van der Waals surface area contributed by atoms with E-state index in [0.717, 1.165) is 0 Å². The molecule has 0 aromatic heterocycles. The maximum atomic E-state index is 11.3. The molecular weight excluding hydrogens is 424 g/mol. The average Bonchev–Trinajstić information content (AvgIpc) is 2.78. The summed E-state index contributed by atoms with van der Waals surface area (Å²) in [6.45, 7) is 3.38. The summed E-state index contributed by atoms with van der Waals surface area (Å²) in [5.41, 5.74) is 8.82. The molecule has 0 spiro atoms. The fourth-order valence-corrected chi connectivity index (χ4v) is 4.02. The van der Waals surface area contributed by atoms with Crippen LogP contribution >= 0.6 is 0 Å². The number of aliphatic hydroxyl groups is 4. The normalized spacial score (nSPS) is 27.6. The largest absolute Gasteiger partial charge is 0.395 e. The number of nitrogens with zero attached hydrogens (tertiary/aromatic N) is 7.